The Kier molecular flexibility index (Phi) is 4.93. The summed E-state index contributed by atoms with van der Waals surface area (Å²) in [5, 5.41) is 13.7. The van der Waals surface area contributed by atoms with E-state index >= 15 is 0 Å². The van der Waals surface area contributed by atoms with Gasteiger partial charge in [-0.25, -0.2) is 0 Å². The van der Waals surface area contributed by atoms with E-state index in [0.717, 1.165) is 0 Å². The number of benzene rings is 1. The summed E-state index contributed by atoms with van der Waals surface area (Å²) in [7, 11) is 0. The van der Waals surface area contributed by atoms with E-state index < -0.39 is 30.8 Å². The van der Waals surface area contributed by atoms with Gasteiger partial charge in [-0.15, -0.1) is 0 Å². The number of carbonyl (C=O) groups is 1. The van der Waals surface area contributed by atoms with Gasteiger partial charge in [-0.05, 0) is 18.6 Å². The number of alkyl halides is 3. The normalized spacial score (nSPS) is 21.3. The zero-order valence-corrected chi connectivity index (χ0v) is 12.5. The molecule has 0 saturated heterocycles. The van der Waals surface area contributed by atoms with Gasteiger partial charge in [-0.2, -0.15) is 23.3 Å². The number of carbonyl (C=O) groups excluding carboxylic acids is 1. The molecular formula is C15H17F3N2O3. The van der Waals surface area contributed by atoms with Crippen LogP contribution in [0.1, 0.15) is 26.2 Å². The Morgan fingerprint density at radius 2 is 2.04 bits per heavy atom. The first-order chi connectivity index (χ1) is 10.8. The van der Waals surface area contributed by atoms with E-state index in [1.165, 1.54) is 0 Å². The highest BCUT2D eigenvalue weighted by Crippen LogP contribution is 2.40. The van der Waals surface area contributed by atoms with Gasteiger partial charge in [0, 0.05) is 12.1 Å². The number of hydrogen-bond acceptors (Lipinski definition) is 4. The van der Waals surface area contributed by atoms with E-state index in [2.05, 4.69) is 5.10 Å². The lowest BCUT2D eigenvalue weighted by Crippen LogP contribution is -2.57. The van der Waals surface area contributed by atoms with Crippen molar-refractivity contribution >= 4 is 11.6 Å². The molecule has 1 atom stereocenters. The maximum atomic E-state index is 13.2. The Balaban J connectivity index is 2.14. The summed E-state index contributed by atoms with van der Waals surface area (Å²) in [4.78, 5) is 12.1. The third kappa shape index (κ3) is 3.64. The third-order valence-electron chi connectivity index (χ3n) is 3.38. The van der Waals surface area contributed by atoms with Crippen molar-refractivity contribution in [1.29, 1.82) is 0 Å². The van der Waals surface area contributed by atoms with Crippen LogP contribution in [-0.2, 0) is 4.79 Å². The van der Waals surface area contributed by atoms with Gasteiger partial charge in [0.05, 0.1) is 0 Å². The SMILES string of the molecule is CCCC1=NN(C(=O)COc2ccccc2)C(O)(C(F)(F)F)C1. The summed E-state index contributed by atoms with van der Waals surface area (Å²) in [6.07, 6.45) is -4.90. The molecule has 1 unspecified atom stereocenters. The van der Waals surface area contributed by atoms with E-state index in [1.54, 1.807) is 37.3 Å². The molecule has 1 amide bonds. The summed E-state index contributed by atoms with van der Waals surface area (Å²) in [6.45, 7) is 1.13. The molecule has 0 fully saturated rings. The summed E-state index contributed by atoms with van der Waals surface area (Å²) < 4.78 is 44.7. The molecule has 1 N–H and O–H groups in total. The monoisotopic (exact) mass is 330 g/mol. The van der Waals surface area contributed by atoms with Crippen LogP contribution in [0.3, 0.4) is 0 Å². The summed E-state index contributed by atoms with van der Waals surface area (Å²) >= 11 is 0. The van der Waals surface area contributed by atoms with Gasteiger partial charge in [-0.3, -0.25) is 4.79 Å². The fourth-order valence-corrected chi connectivity index (χ4v) is 2.25. The van der Waals surface area contributed by atoms with Crippen LogP contribution in [0.25, 0.3) is 0 Å². The van der Waals surface area contributed by atoms with Gasteiger partial charge in [0.15, 0.2) is 6.61 Å². The van der Waals surface area contributed by atoms with Gasteiger partial charge in [0.1, 0.15) is 5.75 Å². The van der Waals surface area contributed by atoms with E-state index in [-0.39, 0.29) is 17.1 Å². The summed E-state index contributed by atoms with van der Waals surface area (Å²) in [5.74, 6) is -0.715. The molecule has 2 rings (SSSR count). The number of nitrogens with zero attached hydrogens (tertiary/aromatic N) is 2. The number of ether oxygens (including phenoxy) is 1. The van der Waals surface area contributed by atoms with Crippen molar-refractivity contribution in [2.45, 2.75) is 38.1 Å². The van der Waals surface area contributed by atoms with Crippen molar-refractivity contribution in [3.63, 3.8) is 0 Å². The lowest BCUT2D eigenvalue weighted by molar-refractivity contribution is -0.302. The van der Waals surface area contributed by atoms with Crippen LogP contribution in [0.15, 0.2) is 35.4 Å². The highest BCUT2D eigenvalue weighted by atomic mass is 19.4. The Labute approximate surface area is 131 Å². The zero-order valence-electron chi connectivity index (χ0n) is 12.5. The molecule has 0 spiro atoms. The molecule has 1 heterocycles. The number of aliphatic hydroxyl groups is 1. The number of halogens is 3. The minimum absolute atomic E-state index is 0.0981. The molecule has 126 valence electrons. The molecule has 1 aromatic rings. The largest absolute Gasteiger partial charge is 0.484 e. The highest BCUT2D eigenvalue weighted by Gasteiger charge is 2.63. The number of hydrogen-bond donors (Lipinski definition) is 1. The smallest absolute Gasteiger partial charge is 0.438 e. The topological polar surface area (TPSA) is 62.1 Å². The predicted molar refractivity (Wildman–Crippen MR) is 76.7 cm³/mol. The molecule has 0 aromatic heterocycles. The second kappa shape index (κ2) is 6.57. The van der Waals surface area contributed by atoms with Gasteiger partial charge in [-0.1, -0.05) is 31.5 Å². The number of amides is 1. The van der Waals surface area contributed by atoms with Gasteiger partial charge < -0.3 is 9.84 Å². The van der Waals surface area contributed by atoms with Crippen molar-refractivity contribution in [2.24, 2.45) is 5.10 Å². The molecule has 0 bridgehead atoms. The van der Waals surface area contributed by atoms with Crippen LogP contribution in [0, 0.1) is 0 Å². The maximum Gasteiger partial charge on any atom is 0.438 e. The van der Waals surface area contributed by atoms with Gasteiger partial charge >= 0.3 is 6.18 Å². The number of hydrazone groups is 1. The number of para-hydroxylation sites is 1. The second-order valence-electron chi connectivity index (χ2n) is 5.21. The molecule has 1 aliphatic rings. The lowest BCUT2D eigenvalue weighted by Gasteiger charge is -2.32. The Morgan fingerprint density at radius 3 is 2.61 bits per heavy atom. The minimum Gasteiger partial charge on any atom is -0.484 e. The quantitative estimate of drug-likeness (QED) is 0.903. The molecule has 23 heavy (non-hydrogen) atoms. The molecule has 1 aromatic carbocycles. The standard InChI is InChI=1S/C15H17F3N2O3/c1-2-6-11-9-14(22,15(16,17)18)20(19-11)13(21)10-23-12-7-4-3-5-8-12/h3-5,7-8,22H,2,6,9-10H2,1H3. The van der Waals surface area contributed by atoms with E-state index in [4.69, 9.17) is 4.74 Å². The average Bonchev–Trinajstić information content (AvgIpc) is 2.84. The number of rotatable bonds is 5. The average molecular weight is 330 g/mol. The van der Waals surface area contributed by atoms with Crippen molar-refractivity contribution in [3.8, 4) is 5.75 Å². The minimum atomic E-state index is -5.01. The Bertz CT molecular complexity index is 589. The van der Waals surface area contributed by atoms with Crippen LogP contribution in [0.5, 0.6) is 5.75 Å². The van der Waals surface area contributed by atoms with E-state index in [0.29, 0.717) is 12.2 Å². The van der Waals surface area contributed by atoms with Gasteiger partial charge in [0.2, 0.25) is 0 Å². The van der Waals surface area contributed by atoms with Crippen LogP contribution >= 0.6 is 0 Å². The van der Waals surface area contributed by atoms with E-state index in [9.17, 15) is 23.1 Å². The first-order valence-corrected chi connectivity index (χ1v) is 7.14. The molecular weight excluding hydrogens is 313 g/mol. The fraction of sp³-hybridized carbons (Fsp3) is 0.467. The van der Waals surface area contributed by atoms with E-state index in [1.807, 2.05) is 0 Å². The second-order valence-corrected chi connectivity index (χ2v) is 5.21. The molecule has 0 aliphatic carbocycles. The predicted octanol–water partition coefficient (Wildman–Crippen LogP) is 2.70. The van der Waals surface area contributed by atoms with Crippen molar-refractivity contribution < 1.29 is 27.8 Å². The van der Waals surface area contributed by atoms with Gasteiger partial charge in [0.25, 0.3) is 11.6 Å². The maximum absolute atomic E-state index is 13.2. The molecule has 0 saturated carbocycles. The molecule has 1 aliphatic heterocycles. The van der Waals surface area contributed by atoms with Crippen LogP contribution in [0.2, 0.25) is 0 Å². The summed E-state index contributed by atoms with van der Waals surface area (Å²) in [6, 6.07) is 8.20. The Hall–Kier alpha value is -2.09. The highest BCUT2D eigenvalue weighted by molar-refractivity contribution is 5.91. The Morgan fingerprint density at radius 1 is 1.39 bits per heavy atom. The molecule has 5 nitrogen and oxygen atoms in total. The van der Waals surface area contributed by atoms with Crippen molar-refractivity contribution in [3.05, 3.63) is 30.3 Å². The summed E-state index contributed by atoms with van der Waals surface area (Å²) in [5.41, 5.74) is -3.17. The van der Waals surface area contributed by atoms with Crippen molar-refractivity contribution in [1.82, 2.24) is 5.01 Å². The molecule has 8 heteroatoms. The third-order valence-corrected chi connectivity index (χ3v) is 3.38. The lowest BCUT2D eigenvalue weighted by atomic mass is 10.0. The zero-order chi connectivity index (χ0) is 17.1. The van der Waals surface area contributed by atoms with Crippen LogP contribution in [-0.4, -0.2) is 40.2 Å². The molecule has 0 radical (unpaired) electrons. The first-order valence-electron chi connectivity index (χ1n) is 7.14. The van der Waals surface area contributed by atoms with Crippen molar-refractivity contribution in [2.75, 3.05) is 6.61 Å². The fourth-order valence-electron chi connectivity index (χ4n) is 2.25. The van der Waals surface area contributed by atoms with Crippen LogP contribution in [0.4, 0.5) is 13.2 Å². The van der Waals surface area contributed by atoms with Crippen LogP contribution < -0.4 is 4.74 Å². The first kappa shape index (κ1) is 17.3.